The van der Waals surface area contributed by atoms with Gasteiger partial charge in [-0.2, -0.15) is 0 Å². The molecule has 0 fully saturated rings. The van der Waals surface area contributed by atoms with E-state index >= 15 is 0 Å². The van der Waals surface area contributed by atoms with Gasteiger partial charge in [-0.1, -0.05) is 24.3 Å². The van der Waals surface area contributed by atoms with Gasteiger partial charge in [0.05, 0.1) is 6.61 Å². The molecule has 0 spiro atoms. The number of unbranched alkanes of at least 4 members (excludes halogenated alkanes) is 2. The van der Waals surface area contributed by atoms with E-state index < -0.39 is 0 Å². The van der Waals surface area contributed by atoms with Crippen molar-refractivity contribution in [3.8, 4) is 5.75 Å². The van der Waals surface area contributed by atoms with Gasteiger partial charge in [0.2, 0.25) is 0 Å². The Hall–Kier alpha value is -1.87. The standard InChI is InChI=1S/C18H22FNO/c19-17-9-11-18(12-10-17)21-13-3-1-2-4-15-5-7-16(14-20)8-6-15/h5-12H,1-4,13-14,20H2. The summed E-state index contributed by atoms with van der Waals surface area (Å²) >= 11 is 0. The molecule has 0 radical (unpaired) electrons. The van der Waals surface area contributed by atoms with Crippen LogP contribution in [0.1, 0.15) is 30.4 Å². The first kappa shape index (κ1) is 15.5. The highest BCUT2D eigenvalue weighted by atomic mass is 19.1. The van der Waals surface area contributed by atoms with Crippen LogP contribution < -0.4 is 10.5 Å². The fourth-order valence-electron chi connectivity index (χ4n) is 2.17. The number of hydrogen-bond acceptors (Lipinski definition) is 2. The lowest BCUT2D eigenvalue weighted by atomic mass is 10.1. The SMILES string of the molecule is NCc1ccc(CCCCCOc2ccc(F)cc2)cc1. The largest absolute Gasteiger partial charge is 0.494 e. The van der Waals surface area contributed by atoms with Gasteiger partial charge in [-0.3, -0.25) is 0 Å². The number of halogens is 1. The van der Waals surface area contributed by atoms with Crippen molar-refractivity contribution >= 4 is 0 Å². The molecule has 2 rings (SSSR count). The summed E-state index contributed by atoms with van der Waals surface area (Å²) < 4.78 is 18.3. The Morgan fingerprint density at radius 2 is 1.48 bits per heavy atom. The van der Waals surface area contributed by atoms with Crippen LogP contribution in [0, 0.1) is 5.82 Å². The number of rotatable bonds is 8. The minimum absolute atomic E-state index is 0.233. The Morgan fingerprint density at radius 3 is 2.14 bits per heavy atom. The van der Waals surface area contributed by atoms with Crippen LogP contribution in [-0.2, 0) is 13.0 Å². The molecule has 21 heavy (non-hydrogen) atoms. The number of benzene rings is 2. The van der Waals surface area contributed by atoms with Crippen molar-refractivity contribution in [2.24, 2.45) is 5.73 Å². The van der Waals surface area contributed by atoms with Gasteiger partial charge < -0.3 is 10.5 Å². The molecule has 2 nitrogen and oxygen atoms in total. The monoisotopic (exact) mass is 287 g/mol. The smallest absolute Gasteiger partial charge is 0.123 e. The van der Waals surface area contributed by atoms with Crippen molar-refractivity contribution in [1.82, 2.24) is 0 Å². The van der Waals surface area contributed by atoms with Crippen molar-refractivity contribution in [3.05, 3.63) is 65.5 Å². The van der Waals surface area contributed by atoms with Crippen LogP contribution in [-0.4, -0.2) is 6.61 Å². The molecule has 0 aliphatic heterocycles. The molecule has 0 amide bonds. The Kier molecular flexibility index (Phi) is 6.22. The molecule has 0 atom stereocenters. The van der Waals surface area contributed by atoms with Crippen LogP contribution in [0.4, 0.5) is 4.39 Å². The zero-order chi connectivity index (χ0) is 14.9. The molecule has 0 aliphatic rings. The van der Waals surface area contributed by atoms with Gasteiger partial charge in [0, 0.05) is 6.54 Å². The Morgan fingerprint density at radius 1 is 0.810 bits per heavy atom. The van der Waals surface area contributed by atoms with E-state index in [4.69, 9.17) is 10.5 Å². The Labute approximate surface area is 125 Å². The van der Waals surface area contributed by atoms with Crippen LogP contribution >= 0.6 is 0 Å². The lowest BCUT2D eigenvalue weighted by Crippen LogP contribution is -1.98. The molecule has 0 unspecified atom stereocenters. The van der Waals surface area contributed by atoms with E-state index in [0.717, 1.165) is 31.4 Å². The number of nitrogens with two attached hydrogens (primary N) is 1. The normalized spacial score (nSPS) is 10.6. The van der Waals surface area contributed by atoms with E-state index in [1.165, 1.54) is 23.3 Å². The lowest BCUT2D eigenvalue weighted by molar-refractivity contribution is 0.305. The molecule has 2 aromatic rings. The third kappa shape index (κ3) is 5.56. The van der Waals surface area contributed by atoms with Gasteiger partial charge in [-0.25, -0.2) is 4.39 Å². The summed E-state index contributed by atoms with van der Waals surface area (Å²) in [4.78, 5) is 0. The van der Waals surface area contributed by atoms with Gasteiger partial charge in [0.1, 0.15) is 11.6 Å². The highest BCUT2D eigenvalue weighted by Crippen LogP contribution is 2.12. The van der Waals surface area contributed by atoms with Gasteiger partial charge in [-0.05, 0) is 61.1 Å². The topological polar surface area (TPSA) is 35.2 Å². The maximum atomic E-state index is 12.7. The molecule has 0 aromatic heterocycles. The fraction of sp³-hybridized carbons (Fsp3) is 0.333. The minimum Gasteiger partial charge on any atom is -0.494 e. The zero-order valence-corrected chi connectivity index (χ0v) is 12.2. The molecule has 0 bridgehead atoms. The fourth-order valence-corrected chi connectivity index (χ4v) is 2.17. The second kappa shape index (κ2) is 8.42. The predicted octanol–water partition coefficient (Wildman–Crippen LogP) is 4.08. The third-order valence-corrected chi connectivity index (χ3v) is 3.45. The van der Waals surface area contributed by atoms with Crippen molar-refractivity contribution in [2.45, 2.75) is 32.2 Å². The summed E-state index contributed by atoms with van der Waals surface area (Å²) in [6.07, 6.45) is 4.37. The van der Waals surface area contributed by atoms with Crippen LogP contribution in [0.2, 0.25) is 0 Å². The van der Waals surface area contributed by atoms with Crippen LogP contribution in [0.15, 0.2) is 48.5 Å². The second-order valence-electron chi connectivity index (χ2n) is 5.13. The van der Waals surface area contributed by atoms with Crippen molar-refractivity contribution in [1.29, 1.82) is 0 Å². The number of ether oxygens (including phenoxy) is 1. The van der Waals surface area contributed by atoms with E-state index in [0.29, 0.717) is 13.2 Å². The molecule has 0 saturated carbocycles. The van der Waals surface area contributed by atoms with Crippen LogP contribution in [0.25, 0.3) is 0 Å². The summed E-state index contributed by atoms with van der Waals surface area (Å²) in [5.41, 5.74) is 8.10. The summed E-state index contributed by atoms with van der Waals surface area (Å²) in [5, 5.41) is 0. The van der Waals surface area contributed by atoms with Crippen molar-refractivity contribution in [2.75, 3.05) is 6.61 Å². The van der Waals surface area contributed by atoms with Gasteiger partial charge in [0.15, 0.2) is 0 Å². The molecular weight excluding hydrogens is 265 g/mol. The maximum Gasteiger partial charge on any atom is 0.123 e. The highest BCUT2D eigenvalue weighted by Gasteiger charge is 1.97. The summed E-state index contributed by atoms with van der Waals surface area (Å²) in [6.45, 7) is 1.28. The van der Waals surface area contributed by atoms with Gasteiger partial charge >= 0.3 is 0 Å². The van der Waals surface area contributed by atoms with Gasteiger partial charge in [-0.15, -0.1) is 0 Å². The summed E-state index contributed by atoms with van der Waals surface area (Å²) in [7, 11) is 0. The Bertz CT molecular complexity index is 522. The molecule has 0 aliphatic carbocycles. The van der Waals surface area contributed by atoms with E-state index in [2.05, 4.69) is 24.3 Å². The predicted molar refractivity (Wildman–Crippen MR) is 83.8 cm³/mol. The molecule has 112 valence electrons. The zero-order valence-electron chi connectivity index (χ0n) is 12.2. The van der Waals surface area contributed by atoms with E-state index in [1.807, 2.05) is 0 Å². The van der Waals surface area contributed by atoms with E-state index in [-0.39, 0.29) is 5.82 Å². The molecule has 0 heterocycles. The van der Waals surface area contributed by atoms with Gasteiger partial charge in [0.25, 0.3) is 0 Å². The Balaban J connectivity index is 1.58. The van der Waals surface area contributed by atoms with Crippen molar-refractivity contribution < 1.29 is 9.13 Å². The van der Waals surface area contributed by atoms with E-state index in [9.17, 15) is 4.39 Å². The maximum absolute atomic E-state index is 12.7. The third-order valence-electron chi connectivity index (χ3n) is 3.45. The molecule has 2 aromatic carbocycles. The summed E-state index contributed by atoms with van der Waals surface area (Å²) in [6, 6.07) is 14.6. The molecular formula is C18H22FNO. The first-order valence-corrected chi connectivity index (χ1v) is 7.44. The summed E-state index contributed by atoms with van der Waals surface area (Å²) in [5.74, 6) is 0.497. The molecule has 0 saturated heterocycles. The van der Waals surface area contributed by atoms with Crippen LogP contribution in [0.5, 0.6) is 5.75 Å². The van der Waals surface area contributed by atoms with Crippen molar-refractivity contribution in [3.63, 3.8) is 0 Å². The van der Waals surface area contributed by atoms with Crippen LogP contribution in [0.3, 0.4) is 0 Å². The average Bonchev–Trinajstić information content (AvgIpc) is 2.53. The van der Waals surface area contributed by atoms with E-state index in [1.54, 1.807) is 12.1 Å². The molecule has 3 heteroatoms. The highest BCUT2D eigenvalue weighted by molar-refractivity contribution is 5.23. The quantitative estimate of drug-likeness (QED) is 0.743. The number of hydrogen-bond donors (Lipinski definition) is 1. The minimum atomic E-state index is -0.233. The molecule has 2 N–H and O–H groups in total. The first-order valence-electron chi connectivity index (χ1n) is 7.44. The first-order chi connectivity index (χ1) is 10.3. The second-order valence-corrected chi connectivity index (χ2v) is 5.13. The lowest BCUT2D eigenvalue weighted by Gasteiger charge is -2.06. The number of aryl methyl sites for hydroxylation is 1. The average molecular weight is 287 g/mol.